The zero-order valence-electron chi connectivity index (χ0n) is 15.7. The first-order valence-electron chi connectivity index (χ1n) is 8.50. The van der Waals surface area contributed by atoms with Crippen LogP contribution in [-0.4, -0.2) is 55.6 Å². The summed E-state index contributed by atoms with van der Waals surface area (Å²) in [7, 11) is 0. The molecule has 0 aliphatic heterocycles. The molecule has 0 unspecified atom stereocenters. The lowest BCUT2D eigenvalue weighted by atomic mass is 10.1. The number of H-pyrrole nitrogens is 1. The van der Waals surface area contributed by atoms with Crippen molar-refractivity contribution in [2.75, 3.05) is 27.0 Å². The van der Waals surface area contributed by atoms with Crippen molar-refractivity contribution in [3.05, 3.63) is 28.7 Å². The number of carbonyl (C=O) groups excluding carboxylic acids is 2. The second-order valence-corrected chi connectivity index (χ2v) is 5.99. The summed E-state index contributed by atoms with van der Waals surface area (Å²) in [5.74, 6) is -3.23. The van der Waals surface area contributed by atoms with Crippen LogP contribution in [0.25, 0.3) is 0 Å². The van der Waals surface area contributed by atoms with Gasteiger partial charge in [-0.25, -0.2) is 14.6 Å². The number of hydrogen-bond acceptors (Lipinski definition) is 9. The summed E-state index contributed by atoms with van der Waals surface area (Å²) in [6.45, 7) is 0. The first-order chi connectivity index (χ1) is 14.6. The van der Waals surface area contributed by atoms with Gasteiger partial charge in [0.2, 0.25) is 12.4 Å². The molecule has 2 aromatic rings. The molecular formula is C16H18N8O7. The topological polar surface area (TPSA) is 247 Å². The Morgan fingerprint density at radius 2 is 1.94 bits per heavy atom. The summed E-state index contributed by atoms with van der Waals surface area (Å²) in [4.78, 5) is 67.8. The maximum Gasteiger partial charge on any atom is 0.326 e. The molecule has 2 heterocycles. The average molecular weight is 434 g/mol. The Hall–Kier alpha value is -4.69. The number of nitrogens with one attached hydrogen (secondary N) is 3. The van der Waals surface area contributed by atoms with Gasteiger partial charge in [0.15, 0.2) is 11.5 Å². The van der Waals surface area contributed by atoms with E-state index in [9.17, 15) is 29.1 Å². The molecule has 0 saturated carbocycles. The van der Waals surface area contributed by atoms with Crippen molar-refractivity contribution >= 4 is 53.3 Å². The highest BCUT2D eigenvalue weighted by Gasteiger charge is 2.27. The minimum atomic E-state index is -1.45. The lowest BCUT2D eigenvalue weighted by Gasteiger charge is -2.23. The average Bonchev–Trinajstić information content (AvgIpc) is 2.68. The Morgan fingerprint density at radius 1 is 1.23 bits per heavy atom. The molecule has 0 bridgehead atoms. The van der Waals surface area contributed by atoms with Gasteiger partial charge >= 0.3 is 18.0 Å². The summed E-state index contributed by atoms with van der Waals surface area (Å²) in [6.07, 6.45) is 0.532. The van der Waals surface area contributed by atoms with Gasteiger partial charge in [0.05, 0.1) is 11.9 Å². The fraction of sp³-hybridized carbons (Fsp3) is 0.188. The van der Waals surface area contributed by atoms with Crippen molar-refractivity contribution in [2.45, 2.75) is 18.9 Å². The molecule has 15 nitrogen and oxygen atoms in total. The van der Waals surface area contributed by atoms with Crippen molar-refractivity contribution in [3.63, 3.8) is 0 Å². The molecule has 31 heavy (non-hydrogen) atoms. The van der Waals surface area contributed by atoms with E-state index in [2.05, 4.69) is 25.6 Å². The molecule has 15 heteroatoms. The second kappa shape index (κ2) is 9.68. The van der Waals surface area contributed by atoms with Gasteiger partial charge in [-0.05, 0) is 18.6 Å². The molecule has 2 rings (SSSR count). The number of anilines is 5. The summed E-state index contributed by atoms with van der Waals surface area (Å²) < 4.78 is 0. The zero-order valence-corrected chi connectivity index (χ0v) is 15.7. The van der Waals surface area contributed by atoms with Gasteiger partial charge in [-0.15, -0.1) is 0 Å². The number of carboxylic acid groups (broad SMARTS) is 2. The number of aromatic nitrogens is 3. The highest BCUT2D eigenvalue weighted by atomic mass is 16.4. The molecular weight excluding hydrogens is 416 g/mol. The van der Waals surface area contributed by atoms with Crippen LogP contribution >= 0.6 is 0 Å². The quantitative estimate of drug-likeness (QED) is 0.242. The van der Waals surface area contributed by atoms with E-state index in [1.54, 1.807) is 0 Å². The molecule has 0 aliphatic carbocycles. The number of aromatic amines is 1. The van der Waals surface area contributed by atoms with E-state index in [-0.39, 0.29) is 41.8 Å². The number of carbonyl (C=O) groups is 4. The molecule has 164 valence electrons. The van der Waals surface area contributed by atoms with Crippen LogP contribution in [0.15, 0.2) is 23.1 Å². The first-order valence-corrected chi connectivity index (χ1v) is 8.50. The molecule has 2 aromatic heterocycles. The van der Waals surface area contributed by atoms with Gasteiger partial charge in [-0.3, -0.25) is 29.6 Å². The number of pyridine rings is 1. The van der Waals surface area contributed by atoms with Crippen LogP contribution in [0.4, 0.5) is 33.8 Å². The minimum Gasteiger partial charge on any atom is -0.481 e. The van der Waals surface area contributed by atoms with Crippen LogP contribution in [0, 0.1) is 0 Å². The lowest BCUT2D eigenvalue weighted by Crippen LogP contribution is -2.41. The molecule has 0 saturated heterocycles. The van der Waals surface area contributed by atoms with E-state index in [4.69, 9.17) is 16.6 Å². The Kier molecular flexibility index (Phi) is 7.06. The molecule has 9 N–H and O–H groups in total. The number of urea groups is 1. The Morgan fingerprint density at radius 3 is 2.45 bits per heavy atom. The number of carboxylic acids is 2. The van der Waals surface area contributed by atoms with Crippen molar-refractivity contribution in [2.24, 2.45) is 0 Å². The fourth-order valence-electron chi connectivity index (χ4n) is 2.45. The van der Waals surface area contributed by atoms with Crippen LogP contribution in [0.5, 0.6) is 0 Å². The summed E-state index contributed by atoms with van der Waals surface area (Å²) in [5, 5.41) is 22.6. The molecule has 3 amide bonds. The maximum atomic E-state index is 12.1. The van der Waals surface area contributed by atoms with Crippen molar-refractivity contribution in [1.29, 1.82) is 0 Å². The number of nitrogens with zero attached hydrogens (tertiary/aromatic N) is 3. The predicted octanol–water partition coefficient (Wildman–Crippen LogP) is -0.746. The number of aliphatic carboxylic acids is 2. The smallest absolute Gasteiger partial charge is 0.326 e. The summed E-state index contributed by atoms with van der Waals surface area (Å²) in [5.41, 5.74) is 9.90. The number of rotatable bonds is 9. The van der Waals surface area contributed by atoms with Gasteiger partial charge in [-0.2, -0.15) is 4.98 Å². The Labute approximate surface area is 173 Å². The second-order valence-electron chi connectivity index (χ2n) is 5.99. The van der Waals surface area contributed by atoms with Crippen LogP contribution in [-0.2, 0) is 14.4 Å². The van der Waals surface area contributed by atoms with Gasteiger partial charge in [-0.1, -0.05) is 0 Å². The van der Waals surface area contributed by atoms with Gasteiger partial charge in [0.1, 0.15) is 11.9 Å². The molecule has 1 atom stereocenters. The van der Waals surface area contributed by atoms with Gasteiger partial charge in [0, 0.05) is 6.42 Å². The Bertz CT molecular complexity index is 1050. The molecule has 0 radical (unpaired) electrons. The van der Waals surface area contributed by atoms with E-state index in [1.807, 2.05) is 0 Å². The van der Waals surface area contributed by atoms with Gasteiger partial charge < -0.3 is 27.0 Å². The van der Waals surface area contributed by atoms with Crippen LogP contribution in [0.3, 0.4) is 0 Å². The minimum absolute atomic E-state index is 0.0813. The standard InChI is InChI=1S/C16H18N8O7/c17-12-11(13(28)23-15(18)22-12)21-16(31)20-7-1-3-9(19-5-7)24(6-25)8(14(29)30)2-4-10(26)27/h1,3,5-6,8H,2,4H2,(H,26,27)(H,29,30)(H2,20,21,31)(H5,17,18,22,23,28)/t8-/m0/s1. The number of nitrogens with two attached hydrogens (primary N) is 2. The highest BCUT2D eigenvalue weighted by Crippen LogP contribution is 2.18. The van der Waals surface area contributed by atoms with E-state index in [0.29, 0.717) is 0 Å². The third kappa shape index (κ3) is 5.89. The fourth-order valence-corrected chi connectivity index (χ4v) is 2.45. The van der Waals surface area contributed by atoms with Crippen molar-refractivity contribution in [3.8, 4) is 0 Å². The first kappa shape index (κ1) is 22.6. The molecule has 0 aliphatic rings. The summed E-state index contributed by atoms with van der Waals surface area (Å²) in [6, 6.07) is 0.238. The highest BCUT2D eigenvalue weighted by molar-refractivity contribution is 6.01. The largest absolute Gasteiger partial charge is 0.481 e. The van der Waals surface area contributed by atoms with Crippen LogP contribution < -0.4 is 32.6 Å². The predicted molar refractivity (Wildman–Crippen MR) is 107 cm³/mol. The lowest BCUT2D eigenvalue weighted by molar-refractivity contribution is -0.140. The third-order valence-corrected chi connectivity index (χ3v) is 3.84. The monoisotopic (exact) mass is 434 g/mol. The van der Waals surface area contributed by atoms with E-state index in [0.717, 1.165) is 11.1 Å². The molecule has 0 aromatic carbocycles. The number of hydrogen-bond donors (Lipinski definition) is 7. The molecule has 0 spiro atoms. The Balaban J connectivity index is 2.12. The van der Waals surface area contributed by atoms with E-state index >= 15 is 0 Å². The van der Waals surface area contributed by atoms with Crippen molar-refractivity contribution < 1.29 is 29.4 Å². The van der Waals surface area contributed by atoms with Crippen LogP contribution in [0.1, 0.15) is 12.8 Å². The zero-order chi connectivity index (χ0) is 23.1. The van der Waals surface area contributed by atoms with E-state index < -0.39 is 36.0 Å². The third-order valence-electron chi connectivity index (χ3n) is 3.84. The SMILES string of the molecule is Nc1nc(N)c(NC(=O)Nc2ccc(N(C=O)[C@@H](CCC(=O)O)C(=O)O)nc2)c(=O)[nH]1. The molecule has 0 fully saturated rings. The van der Waals surface area contributed by atoms with Gasteiger partial charge in [0.25, 0.3) is 5.56 Å². The summed E-state index contributed by atoms with van der Waals surface area (Å²) >= 11 is 0. The maximum absolute atomic E-state index is 12.1. The van der Waals surface area contributed by atoms with E-state index in [1.165, 1.54) is 12.1 Å². The van der Waals surface area contributed by atoms with Crippen LogP contribution in [0.2, 0.25) is 0 Å². The number of amides is 3. The number of nitrogen functional groups attached to an aromatic ring is 2. The van der Waals surface area contributed by atoms with Crippen molar-refractivity contribution in [1.82, 2.24) is 15.0 Å². The normalized spacial score (nSPS) is 11.2.